The van der Waals surface area contributed by atoms with E-state index in [1.807, 2.05) is 0 Å². The standard InChI is InChI=1S/C17H15F2N3O3/c1-25-14-5-3-2-4-13(14)22-9-11(7-15(22)23)21-17(24)16-12(19)6-10(18)8-20-16/h2-6,8,11H,7,9H2,1H3,(H,21,24)/t11-/m1/s1. The van der Waals surface area contributed by atoms with Crippen LogP contribution in [0.5, 0.6) is 5.75 Å². The molecular weight excluding hydrogens is 332 g/mol. The van der Waals surface area contributed by atoms with Gasteiger partial charge in [0.1, 0.15) is 11.6 Å². The first-order valence-corrected chi connectivity index (χ1v) is 7.55. The van der Waals surface area contributed by atoms with E-state index in [1.165, 1.54) is 12.0 Å². The van der Waals surface area contributed by atoms with E-state index in [2.05, 4.69) is 10.3 Å². The van der Waals surface area contributed by atoms with Crippen LogP contribution < -0.4 is 15.0 Å². The molecule has 0 bridgehead atoms. The second kappa shape index (κ2) is 6.84. The van der Waals surface area contributed by atoms with Crippen molar-refractivity contribution in [3.05, 3.63) is 53.9 Å². The highest BCUT2D eigenvalue weighted by molar-refractivity contribution is 5.99. The Hall–Kier alpha value is -3.03. The summed E-state index contributed by atoms with van der Waals surface area (Å²) < 4.78 is 31.8. The molecule has 1 N–H and O–H groups in total. The molecule has 2 amide bonds. The number of rotatable bonds is 4. The zero-order valence-electron chi connectivity index (χ0n) is 13.3. The quantitative estimate of drug-likeness (QED) is 0.917. The predicted octanol–water partition coefficient (Wildman–Crippen LogP) is 1.90. The molecule has 1 atom stereocenters. The Labute approximate surface area is 142 Å². The maximum atomic E-state index is 13.6. The first-order chi connectivity index (χ1) is 12.0. The van der Waals surface area contributed by atoms with E-state index in [4.69, 9.17) is 4.74 Å². The van der Waals surface area contributed by atoms with Crippen molar-refractivity contribution in [2.24, 2.45) is 0 Å². The molecule has 0 saturated carbocycles. The lowest BCUT2D eigenvalue weighted by molar-refractivity contribution is -0.117. The summed E-state index contributed by atoms with van der Waals surface area (Å²) in [5.41, 5.74) is 0.0856. The fourth-order valence-corrected chi connectivity index (χ4v) is 2.73. The molecule has 2 heterocycles. The summed E-state index contributed by atoms with van der Waals surface area (Å²) in [6.07, 6.45) is 0.825. The summed E-state index contributed by atoms with van der Waals surface area (Å²) in [6.45, 7) is 0.216. The summed E-state index contributed by atoms with van der Waals surface area (Å²) in [7, 11) is 1.50. The highest BCUT2D eigenvalue weighted by atomic mass is 19.1. The number of carbonyl (C=O) groups excluding carboxylic acids is 2. The number of halogens is 2. The Kier molecular flexibility index (Phi) is 4.60. The van der Waals surface area contributed by atoms with Crippen LogP contribution in [0.15, 0.2) is 36.5 Å². The van der Waals surface area contributed by atoms with Crippen molar-refractivity contribution >= 4 is 17.5 Å². The molecule has 6 nitrogen and oxygen atoms in total. The molecule has 8 heteroatoms. The Bertz CT molecular complexity index is 829. The number of carbonyl (C=O) groups is 2. The summed E-state index contributed by atoms with van der Waals surface area (Å²) in [4.78, 5) is 29.3. The number of hydrogen-bond acceptors (Lipinski definition) is 4. The number of benzene rings is 1. The average molecular weight is 347 g/mol. The van der Waals surface area contributed by atoms with Gasteiger partial charge < -0.3 is 15.0 Å². The first kappa shape index (κ1) is 16.8. The number of methoxy groups -OCH3 is 1. The van der Waals surface area contributed by atoms with Crippen molar-refractivity contribution in [2.75, 3.05) is 18.6 Å². The smallest absolute Gasteiger partial charge is 0.273 e. The molecule has 3 rings (SSSR count). The van der Waals surface area contributed by atoms with Crippen molar-refractivity contribution in [3.63, 3.8) is 0 Å². The van der Waals surface area contributed by atoms with Crippen LogP contribution in [0.1, 0.15) is 16.9 Å². The van der Waals surface area contributed by atoms with Gasteiger partial charge in [0.2, 0.25) is 5.91 Å². The van der Waals surface area contributed by atoms with Crippen LogP contribution in [0.3, 0.4) is 0 Å². The van der Waals surface area contributed by atoms with E-state index < -0.39 is 29.3 Å². The molecule has 1 saturated heterocycles. The highest BCUT2D eigenvalue weighted by Crippen LogP contribution is 2.31. The van der Waals surface area contributed by atoms with Gasteiger partial charge in [-0.15, -0.1) is 0 Å². The van der Waals surface area contributed by atoms with Gasteiger partial charge in [-0.2, -0.15) is 0 Å². The third kappa shape index (κ3) is 3.42. The van der Waals surface area contributed by atoms with E-state index in [0.29, 0.717) is 17.5 Å². The van der Waals surface area contributed by atoms with E-state index >= 15 is 0 Å². The fraction of sp³-hybridized carbons (Fsp3) is 0.235. The van der Waals surface area contributed by atoms with Gasteiger partial charge in [-0.1, -0.05) is 12.1 Å². The molecule has 1 aliphatic rings. The Morgan fingerprint density at radius 3 is 2.84 bits per heavy atom. The van der Waals surface area contributed by atoms with Crippen molar-refractivity contribution in [1.29, 1.82) is 0 Å². The second-order valence-electron chi connectivity index (χ2n) is 5.53. The van der Waals surface area contributed by atoms with Gasteiger partial charge >= 0.3 is 0 Å². The summed E-state index contributed by atoms with van der Waals surface area (Å²) in [6, 6.07) is 7.09. The van der Waals surface area contributed by atoms with Gasteiger partial charge in [0.05, 0.1) is 25.0 Å². The van der Waals surface area contributed by atoms with Crippen LogP contribution in [0, 0.1) is 11.6 Å². The van der Waals surface area contributed by atoms with Crippen LogP contribution in [0.2, 0.25) is 0 Å². The van der Waals surface area contributed by atoms with Gasteiger partial charge in [0.25, 0.3) is 5.91 Å². The minimum absolute atomic E-state index is 0.0621. The second-order valence-corrected chi connectivity index (χ2v) is 5.53. The SMILES string of the molecule is COc1ccccc1N1C[C@H](NC(=O)c2ncc(F)cc2F)CC1=O. The van der Waals surface area contributed by atoms with Crippen molar-refractivity contribution in [3.8, 4) is 5.75 Å². The maximum Gasteiger partial charge on any atom is 0.273 e. The normalized spacial score (nSPS) is 16.8. The molecule has 1 aromatic carbocycles. The Morgan fingerprint density at radius 2 is 2.12 bits per heavy atom. The average Bonchev–Trinajstić information content (AvgIpc) is 2.94. The maximum absolute atomic E-state index is 13.6. The number of ether oxygens (including phenoxy) is 1. The molecule has 1 aromatic heterocycles. The zero-order valence-corrected chi connectivity index (χ0v) is 13.3. The Balaban J connectivity index is 1.73. The highest BCUT2D eigenvalue weighted by Gasteiger charge is 2.33. The topological polar surface area (TPSA) is 71.5 Å². The minimum Gasteiger partial charge on any atom is -0.495 e. The van der Waals surface area contributed by atoms with E-state index in [1.54, 1.807) is 24.3 Å². The number of nitrogens with zero attached hydrogens (tertiary/aromatic N) is 2. The predicted molar refractivity (Wildman–Crippen MR) is 85.4 cm³/mol. The molecule has 0 aliphatic carbocycles. The molecule has 2 aromatic rings. The Morgan fingerprint density at radius 1 is 1.36 bits per heavy atom. The van der Waals surface area contributed by atoms with Crippen LogP contribution in [-0.2, 0) is 4.79 Å². The number of pyridine rings is 1. The molecular formula is C17H15F2N3O3. The van der Waals surface area contributed by atoms with Gasteiger partial charge in [-0.25, -0.2) is 13.8 Å². The monoisotopic (exact) mass is 347 g/mol. The molecule has 1 fully saturated rings. The molecule has 130 valence electrons. The third-order valence-corrected chi connectivity index (χ3v) is 3.86. The van der Waals surface area contributed by atoms with Gasteiger partial charge in [0, 0.05) is 19.0 Å². The lowest BCUT2D eigenvalue weighted by Crippen LogP contribution is -2.38. The van der Waals surface area contributed by atoms with Crippen molar-refractivity contribution < 1.29 is 23.1 Å². The van der Waals surface area contributed by atoms with Crippen LogP contribution in [0.4, 0.5) is 14.5 Å². The first-order valence-electron chi connectivity index (χ1n) is 7.55. The molecule has 0 unspecified atom stereocenters. The number of para-hydroxylation sites is 2. The van der Waals surface area contributed by atoms with E-state index in [9.17, 15) is 18.4 Å². The summed E-state index contributed by atoms with van der Waals surface area (Å²) in [5, 5.41) is 2.56. The van der Waals surface area contributed by atoms with E-state index in [-0.39, 0.29) is 18.9 Å². The third-order valence-electron chi connectivity index (χ3n) is 3.86. The lowest BCUT2D eigenvalue weighted by atomic mass is 10.2. The van der Waals surface area contributed by atoms with Crippen molar-refractivity contribution in [1.82, 2.24) is 10.3 Å². The molecule has 0 radical (unpaired) electrons. The van der Waals surface area contributed by atoms with Gasteiger partial charge in [-0.3, -0.25) is 9.59 Å². The number of amides is 2. The van der Waals surface area contributed by atoms with Gasteiger partial charge in [-0.05, 0) is 12.1 Å². The van der Waals surface area contributed by atoms with Crippen LogP contribution in [-0.4, -0.2) is 36.5 Å². The minimum atomic E-state index is -1.05. The number of aromatic nitrogens is 1. The summed E-state index contributed by atoms with van der Waals surface area (Å²) in [5.74, 6) is -2.37. The largest absolute Gasteiger partial charge is 0.495 e. The van der Waals surface area contributed by atoms with Crippen molar-refractivity contribution in [2.45, 2.75) is 12.5 Å². The van der Waals surface area contributed by atoms with Gasteiger partial charge in [0.15, 0.2) is 11.5 Å². The molecule has 0 spiro atoms. The van der Waals surface area contributed by atoms with Crippen LogP contribution in [0.25, 0.3) is 0 Å². The van der Waals surface area contributed by atoms with Crippen LogP contribution >= 0.6 is 0 Å². The number of anilines is 1. The number of hydrogen-bond donors (Lipinski definition) is 1. The fourth-order valence-electron chi connectivity index (χ4n) is 2.73. The lowest BCUT2D eigenvalue weighted by Gasteiger charge is -2.19. The zero-order chi connectivity index (χ0) is 18.0. The molecule has 25 heavy (non-hydrogen) atoms. The molecule has 1 aliphatic heterocycles. The van der Waals surface area contributed by atoms with E-state index in [0.717, 1.165) is 6.20 Å². The number of nitrogens with one attached hydrogen (secondary N) is 1. The summed E-state index contributed by atoms with van der Waals surface area (Å²) >= 11 is 0.